The molecule has 2 unspecified atom stereocenters. The van der Waals surface area contributed by atoms with Crippen LogP contribution in [0.5, 0.6) is 0 Å². The summed E-state index contributed by atoms with van der Waals surface area (Å²) in [5.74, 6) is 0.164. The number of benzene rings is 1. The van der Waals surface area contributed by atoms with Gasteiger partial charge in [0, 0.05) is 29.0 Å². The molecule has 1 saturated heterocycles. The molecule has 1 aliphatic rings. The maximum absolute atomic E-state index is 12.3. The molecule has 2 atom stereocenters. The maximum Gasteiger partial charge on any atom is 0.143 e. The van der Waals surface area contributed by atoms with Crippen LogP contribution in [0, 0.1) is 5.92 Å². The molecule has 1 aliphatic heterocycles. The smallest absolute Gasteiger partial charge is 0.143 e. The summed E-state index contributed by atoms with van der Waals surface area (Å²) >= 11 is 12.2. The van der Waals surface area contributed by atoms with Crippen LogP contribution in [0.3, 0.4) is 0 Å². The van der Waals surface area contributed by atoms with Crippen molar-refractivity contribution in [1.82, 2.24) is 0 Å². The van der Waals surface area contributed by atoms with Gasteiger partial charge in [-0.05, 0) is 30.5 Å². The zero-order valence-corrected chi connectivity index (χ0v) is 11.8. The summed E-state index contributed by atoms with van der Waals surface area (Å²) in [4.78, 5) is 12.3. The van der Waals surface area contributed by atoms with Crippen LogP contribution in [0.4, 0.5) is 0 Å². The SMILES string of the molecule is CCC1OCCC1C(=O)Cc1c(Cl)cccc1Cl. The molecule has 0 spiro atoms. The predicted molar refractivity (Wildman–Crippen MR) is 73.3 cm³/mol. The number of ether oxygens (including phenoxy) is 1. The largest absolute Gasteiger partial charge is 0.377 e. The van der Waals surface area contributed by atoms with E-state index in [1.165, 1.54) is 0 Å². The number of hydrogen-bond acceptors (Lipinski definition) is 2. The Kier molecular flexibility index (Phi) is 4.66. The Balaban J connectivity index is 2.12. The number of carbonyl (C=O) groups excluding carboxylic acids is 1. The molecule has 2 nitrogen and oxygen atoms in total. The second-order valence-electron chi connectivity index (χ2n) is 4.56. The van der Waals surface area contributed by atoms with Crippen LogP contribution in [0.1, 0.15) is 25.3 Å². The van der Waals surface area contributed by atoms with Gasteiger partial charge in [0.25, 0.3) is 0 Å². The molecular weight excluding hydrogens is 271 g/mol. The lowest BCUT2D eigenvalue weighted by molar-refractivity contribution is -0.123. The van der Waals surface area contributed by atoms with E-state index >= 15 is 0 Å². The topological polar surface area (TPSA) is 26.3 Å². The molecule has 98 valence electrons. The Labute approximate surface area is 117 Å². The molecular formula is C14H16Cl2O2. The molecule has 1 heterocycles. The number of Topliss-reactive ketones (excluding diaryl/α,β-unsaturated/α-hetero) is 1. The summed E-state index contributed by atoms with van der Waals surface area (Å²) in [7, 11) is 0. The lowest BCUT2D eigenvalue weighted by Crippen LogP contribution is -2.25. The minimum Gasteiger partial charge on any atom is -0.377 e. The van der Waals surface area contributed by atoms with E-state index in [1.807, 2.05) is 6.92 Å². The van der Waals surface area contributed by atoms with Crippen LogP contribution in [0.25, 0.3) is 0 Å². The van der Waals surface area contributed by atoms with Crippen molar-refractivity contribution in [2.75, 3.05) is 6.61 Å². The van der Waals surface area contributed by atoms with Crippen LogP contribution in [0.2, 0.25) is 10.0 Å². The van der Waals surface area contributed by atoms with E-state index in [0.717, 1.165) is 18.4 Å². The van der Waals surface area contributed by atoms with Crippen LogP contribution >= 0.6 is 23.2 Å². The van der Waals surface area contributed by atoms with E-state index in [2.05, 4.69) is 0 Å². The van der Waals surface area contributed by atoms with Crippen molar-refractivity contribution in [2.45, 2.75) is 32.3 Å². The highest BCUT2D eigenvalue weighted by atomic mass is 35.5. The van der Waals surface area contributed by atoms with Crippen LogP contribution in [-0.2, 0) is 16.0 Å². The highest BCUT2D eigenvalue weighted by Gasteiger charge is 2.32. The predicted octanol–water partition coefficient (Wildman–Crippen LogP) is 3.92. The quantitative estimate of drug-likeness (QED) is 0.839. The van der Waals surface area contributed by atoms with Crippen molar-refractivity contribution in [3.63, 3.8) is 0 Å². The molecule has 0 bridgehead atoms. The molecule has 1 aromatic rings. The Bertz CT molecular complexity index is 425. The van der Waals surface area contributed by atoms with Gasteiger partial charge < -0.3 is 4.74 Å². The van der Waals surface area contributed by atoms with Crippen molar-refractivity contribution in [3.05, 3.63) is 33.8 Å². The molecule has 0 aliphatic carbocycles. The van der Waals surface area contributed by atoms with Crippen molar-refractivity contribution >= 4 is 29.0 Å². The van der Waals surface area contributed by atoms with E-state index in [1.54, 1.807) is 18.2 Å². The van der Waals surface area contributed by atoms with Gasteiger partial charge in [-0.15, -0.1) is 0 Å². The van der Waals surface area contributed by atoms with Gasteiger partial charge in [0.1, 0.15) is 5.78 Å². The highest BCUT2D eigenvalue weighted by Crippen LogP contribution is 2.29. The summed E-state index contributed by atoms with van der Waals surface area (Å²) < 4.78 is 5.55. The monoisotopic (exact) mass is 286 g/mol. The second-order valence-corrected chi connectivity index (χ2v) is 5.37. The zero-order chi connectivity index (χ0) is 13.1. The lowest BCUT2D eigenvalue weighted by Gasteiger charge is -2.16. The summed E-state index contributed by atoms with van der Waals surface area (Å²) in [5.41, 5.74) is 0.729. The van der Waals surface area contributed by atoms with Gasteiger partial charge in [0.15, 0.2) is 0 Å². The summed E-state index contributed by atoms with van der Waals surface area (Å²) in [6.45, 7) is 2.71. The highest BCUT2D eigenvalue weighted by molar-refractivity contribution is 6.36. The third-order valence-corrected chi connectivity index (χ3v) is 4.15. The average molecular weight is 287 g/mol. The normalized spacial score (nSPS) is 23.3. The third-order valence-electron chi connectivity index (χ3n) is 3.44. The van der Waals surface area contributed by atoms with E-state index in [9.17, 15) is 4.79 Å². The molecule has 18 heavy (non-hydrogen) atoms. The average Bonchev–Trinajstić information content (AvgIpc) is 2.82. The minimum absolute atomic E-state index is 0.0117. The number of ketones is 1. The molecule has 0 amide bonds. The van der Waals surface area contributed by atoms with Gasteiger partial charge >= 0.3 is 0 Å². The van der Waals surface area contributed by atoms with Gasteiger partial charge in [-0.25, -0.2) is 0 Å². The van der Waals surface area contributed by atoms with Crippen molar-refractivity contribution in [1.29, 1.82) is 0 Å². The molecule has 4 heteroatoms. The van der Waals surface area contributed by atoms with Crippen molar-refractivity contribution in [3.8, 4) is 0 Å². The second kappa shape index (κ2) is 6.05. The fraction of sp³-hybridized carbons (Fsp3) is 0.500. The molecule has 1 aromatic carbocycles. The van der Waals surface area contributed by atoms with Crippen LogP contribution < -0.4 is 0 Å². The molecule has 2 rings (SSSR count). The first-order chi connectivity index (χ1) is 8.63. The van der Waals surface area contributed by atoms with E-state index < -0.39 is 0 Å². The van der Waals surface area contributed by atoms with Crippen LogP contribution in [0.15, 0.2) is 18.2 Å². The molecule has 0 aromatic heterocycles. The minimum atomic E-state index is -0.0117. The van der Waals surface area contributed by atoms with Gasteiger partial charge in [0.2, 0.25) is 0 Å². The Hall–Kier alpha value is -0.570. The molecule has 0 radical (unpaired) electrons. The van der Waals surface area contributed by atoms with Gasteiger partial charge in [-0.1, -0.05) is 36.2 Å². The number of hydrogen-bond donors (Lipinski definition) is 0. The molecule has 0 saturated carbocycles. The van der Waals surface area contributed by atoms with Gasteiger partial charge in [-0.3, -0.25) is 4.79 Å². The van der Waals surface area contributed by atoms with Gasteiger partial charge in [-0.2, -0.15) is 0 Å². The number of halogens is 2. The van der Waals surface area contributed by atoms with Crippen LogP contribution in [-0.4, -0.2) is 18.5 Å². The fourth-order valence-corrected chi connectivity index (χ4v) is 2.96. The first-order valence-electron chi connectivity index (χ1n) is 6.20. The summed E-state index contributed by atoms with van der Waals surface area (Å²) in [6.07, 6.45) is 2.02. The third kappa shape index (κ3) is 2.87. The first-order valence-corrected chi connectivity index (χ1v) is 6.96. The van der Waals surface area contributed by atoms with Crippen molar-refractivity contribution < 1.29 is 9.53 Å². The van der Waals surface area contributed by atoms with Gasteiger partial charge in [0.05, 0.1) is 6.10 Å². The van der Waals surface area contributed by atoms with Crippen molar-refractivity contribution in [2.24, 2.45) is 5.92 Å². The fourth-order valence-electron chi connectivity index (χ4n) is 2.43. The number of carbonyl (C=O) groups is 1. The van der Waals surface area contributed by atoms with E-state index in [-0.39, 0.29) is 17.8 Å². The zero-order valence-electron chi connectivity index (χ0n) is 10.3. The molecule has 0 N–H and O–H groups in total. The lowest BCUT2D eigenvalue weighted by atomic mass is 9.91. The molecule has 1 fully saturated rings. The Morgan fingerprint density at radius 1 is 1.39 bits per heavy atom. The summed E-state index contributed by atoms with van der Waals surface area (Å²) in [6, 6.07) is 5.31. The standard InChI is InChI=1S/C14H16Cl2O2/c1-2-14-9(6-7-18-14)13(17)8-10-11(15)4-3-5-12(10)16/h3-5,9,14H,2,6-8H2,1H3. The maximum atomic E-state index is 12.3. The number of rotatable bonds is 4. The van der Waals surface area contributed by atoms with E-state index in [0.29, 0.717) is 23.1 Å². The Morgan fingerprint density at radius 2 is 2.06 bits per heavy atom. The summed E-state index contributed by atoms with van der Waals surface area (Å²) in [5, 5.41) is 1.12. The first kappa shape index (κ1) is 13.9. The Morgan fingerprint density at radius 3 is 2.67 bits per heavy atom. The van der Waals surface area contributed by atoms with E-state index in [4.69, 9.17) is 27.9 Å².